The monoisotopic (exact) mass is 476 g/mol. The second-order valence-electron chi connectivity index (χ2n) is 14.5. The lowest BCUT2D eigenvalue weighted by molar-refractivity contribution is -0.250. The van der Waals surface area contributed by atoms with E-state index in [9.17, 15) is 25.2 Å². The molecule has 0 amide bonds. The van der Waals surface area contributed by atoms with Gasteiger partial charge in [0.1, 0.15) is 0 Å². The van der Waals surface area contributed by atoms with Gasteiger partial charge in [-0.15, -0.1) is 0 Å². The molecule has 5 aliphatic carbocycles. The third-order valence-corrected chi connectivity index (χ3v) is 13.6. The first-order chi connectivity index (χ1) is 15.8. The van der Waals surface area contributed by atoms with Crippen molar-refractivity contribution in [3.63, 3.8) is 0 Å². The van der Waals surface area contributed by atoms with Gasteiger partial charge in [-0.3, -0.25) is 4.79 Å². The standard InChI is InChI=1S/C29H48O5/c1-25(2)20-9-12-28(5)21(26(20,3)11-10-22(25)32)7-6-18-23-17(19(31)16-30)8-13-29(23,24(33)34)15-14-27(18,28)4/h17-23,30-32H,6-16H2,1-5H3,(H,33,34)/t17?,18?,19-,20?,21?,22-,23?,26-,27+,28+,29-/m0/s1. The predicted octanol–water partition coefficient (Wildman–Crippen LogP) is 4.87. The van der Waals surface area contributed by atoms with Crippen molar-refractivity contribution >= 4 is 5.97 Å². The number of carboxylic acids is 1. The second kappa shape index (κ2) is 7.68. The quantitative estimate of drug-likeness (QED) is 0.466. The van der Waals surface area contributed by atoms with E-state index in [1.807, 2.05) is 0 Å². The van der Waals surface area contributed by atoms with Crippen molar-refractivity contribution in [2.75, 3.05) is 6.61 Å². The van der Waals surface area contributed by atoms with Gasteiger partial charge in [0.25, 0.3) is 0 Å². The molecule has 194 valence electrons. The van der Waals surface area contributed by atoms with E-state index in [1.54, 1.807) is 0 Å². The van der Waals surface area contributed by atoms with Gasteiger partial charge in [-0.05, 0) is 115 Å². The van der Waals surface area contributed by atoms with Crippen LogP contribution >= 0.6 is 0 Å². The molecule has 0 spiro atoms. The number of aliphatic hydroxyl groups excluding tert-OH is 3. The normalized spacial score (nSPS) is 54.8. The Morgan fingerprint density at radius 1 is 0.853 bits per heavy atom. The van der Waals surface area contributed by atoms with E-state index in [1.165, 1.54) is 0 Å². The van der Waals surface area contributed by atoms with Gasteiger partial charge in [0.2, 0.25) is 0 Å². The van der Waals surface area contributed by atoms with E-state index >= 15 is 0 Å². The van der Waals surface area contributed by atoms with Crippen LogP contribution in [0.3, 0.4) is 0 Å². The fourth-order valence-electron chi connectivity index (χ4n) is 11.6. The molecule has 34 heavy (non-hydrogen) atoms. The van der Waals surface area contributed by atoms with Crippen LogP contribution in [0, 0.1) is 56.7 Å². The first-order valence-corrected chi connectivity index (χ1v) is 14.0. The highest BCUT2D eigenvalue weighted by Crippen LogP contribution is 2.77. The zero-order chi connectivity index (χ0) is 24.9. The molecule has 5 aliphatic rings. The summed E-state index contributed by atoms with van der Waals surface area (Å²) in [4.78, 5) is 12.7. The number of fused-ring (bicyclic) bond motifs is 7. The van der Waals surface area contributed by atoms with Gasteiger partial charge in [0, 0.05) is 0 Å². The molecule has 0 heterocycles. The molecule has 5 heteroatoms. The summed E-state index contributed by atoms with van der Waals surface area (Å²) in [5.74, 6) is 0.499. The van der Waals surface area contributed by atoms with E-state index in [2.05, 4.69) is 34.6 Å². The van der Waals surface area contributed by atoms with E-state index in [0.29, 0.717) is 31.1 Å². The van der Waals surface area contributed by atoms with Crippen molar-refractivity contribution in [3.05, 3.63) is 0 Å². The highest BCUT2D eigenvalue weighted by molar-refractivity contribution is 5.76. The van der Waals surface area contributed by atoms with Gasteiger partial charge in [-0.25, -0.2) is 0 Å². The summed E-state index contributed by atoms with van der Waals surface area (Å²) in [6.07, 6.45) is 8.29. The molecule has 5 saturated carbocycles. The summed E-state index contributed by atoms with van der Waals surface area (Å²) in [6.45, 7) is 11.8. The van der Waals surface area contributed by atoms with Crippen molar-refractivity contribution < 1.29 is 25.2 Å². The fraction of sp³-hybridized carbons (Fsp3) is 0.966. The van der Waals surface area contributed by atoms with Crippen molar-refractivity contribution in [2.45, 2.75) is 111 Å². The van der Waals surface area contributed by atoms with Gasteiger partial charge in [-0.2, -0.15) is 0 Å². The van der Waals surface area contributed by atoms with Crippen molar-refractivity contribution in [1.82, 2.24) is 0 Å². The highest BCUT2D eigenvalue weighted by atomic mass is 16.4. The van der Waals surface area contributed by atoms with Gasteiger partial charge in [-0.1, -0.05) is 34.6 Å². The number of aliphatic carboxylic acids is 1. The van der Waals surface area contributed by atoms with Crippen LogP contribution in [0.2, 0.25) is 0 Å². The first kappa shape index (κ1) is 25.0. The van der Waals surface area contributed by atoms with Crippen molar-refractivity contribution in [3.8, 4) is 0 Å². The number of carbonyl (C=O) groups is 1. The average Bonchev–Trinajstić information content (AvgIpc) is 3.18. The van der Waals surface area contributed by atoms with E-state index in [-0.39, 0.29) is 52.1 Å². The van der Waals surface area contributed by atoms with Crippen LogP contribution in [0.1, 0.15) is 98.8 Å². The van der Waals surface area contributed by atoms with Crippen LogP contribution in [0.5, 0.6) is 0 Å². The molecule has 5 fully saturated rings. The lowest BCUT2D eigenvalue weighted by atomic mass is 9.32. The molecule has 11 atom stereocenters. The number of hydrogen-bond donors (Lipinski definition) is 4. The Hall–Kier alpha value is -0.650. The van der Waals surface area contributed by atoms with Crippen LogP contribution in [0.25, 0.3) is 0 Å². The van der Waals surface area contributed by atoms with Gasteiger partial charge in [0.05, 0.1) is 24.2 Å². The van der Waals surface area contributed by atoms with Crippen LogP contribution in [-0.4, -0.2) is 45.2 Å². The molecule has 0 aliphatic heterocycles. The summed E-state index contributed by atoms with van der Waals surface area (Å²) >= 11 is 0. The smallest absolute Gasteiger partial charge is 0.309 e. The summed E-state index contributed by atoms with van der Waals surface area (Å²) < 4.78 is 0. The molecule has 0 radical (unpaired) electrons. The number of carboxylic acid groups (broad SMARTS) is 1. The number of aliphatic hydroxyl groups is 3. The third kappa shape index (κ3) is 2.87. The summed E-state index contributed by atoms with van der Waals surface area (Å²) in [6, 6.07) is 0. The molecule has 5 unspecified atom stereocenters. The van der Waals surface area contributed by atoms with Crippen molar-refractivity contribution in [1.29, 1.82) is 0 Å². The Kier molecular flexibility index (Phi) is 5.65. The molecular formula is C29H48O5. The molecule has 0 aromatic heterocycles. The predicted molar refractivity (Wildman–Crippen MR) is 131 cm³/mol. The topological polar surface area (TPSA) is 98.0 Å². The lowest BCUT2D eigenvalue weighted by Crippen LogP contribution is -2.67. The van der Waals surface area contributed by atoms with Crippen molar-refractivity contribution in [2.24, 2.45) is 56.7 Å². The summed E-state index contributed by atoms with van der Waals surface area (Å²) in [7, 11) is 0. The first-order valence-electron chi connectivity index (χ1n) is 14.0. The molecule has 0 aromatic carbocycles. The van der Waals surface area contributed by atoms with E-state index in [0.717, 1.165) is 44.9 Å². The van der Waals surface area contributed by atoms with Gasteiger partial charge >= 0.3 is 5.97 Å². The highest BCUT2D eigenvalue weighted by Gasteiger charge is 2.72. The summed E-state index contributed by atoms with van der Waals surface area (Å²) in [5.41, 5.74) is -0.456. The molecule has 0 bridgehead atoms. The molecule has 0 aromatic rings. The Labute approximate surface area is 205 Å². The Morgan fingerprint density at radius 2 is 1.56 bits per heavy atom. The minimum absolute atomic E-state index is 0.0332. The Bertz CT molecular complexity index is 840. The van der Waals surface area contributed by atoms with Gasteiger partial charge < -0.3 is 20.4 Å². The third-order valence-electron chi connectivity index (χ3n) is 13.6. The van der Waals surface area contributed by atoms with E-state index in [4.69, 9.17) is 0 Å². The molecule has 5 nitrogen and oxygen atoms in total. The maximum atomic E-state index is 12.7. The maximum absolute atomic E-state index is 12.7. The molecular weight excluding hydrogens is 428 g/mol. The minimum atomic E-state index is -0.826. The van der Waals surface area contributed by atoms with E-state index < -0.39 is 17.5 Å². The zero-order valence-electron chi connectivity index (χ0n) is 22.0. The van der Waals surface area contributed by atoms with Gasteiger partial charge in [0.15, 0.2) is 0 Å². The average molecular weight is 477 g/mol. The van der Waals surface area contributed by atoms with Crippen LogP contribution in [0.4, 0.5) is 0 Å². The summed E-state index contributed by atoms with van der Waals surface area (Å²) in [5, 5.41) is 41.9. The Morgan fingerprint density at radius 3 is 2.21 bits per heavy atom. The number of rotatable bonds is 3. The van der Waals surface area contributed by atoms with Crippen LogP contribution in [-0.2, 0) is 4.79 Å². The fourth-order valence-corrected chi connectivity index (χ4v) is 11.6. The SMILES string of the molecule is CC1(C)C2CC[C@]3(C)C(CCC4C5C([C@@H](O)CO)CC[C@]5(C(=O)O)CC[C@]43C)[C@@]2(C)CC[C@@H]1O. The largest absolute Gasteiger partial charge is 0.481 e. The minimum Gasteiger partial charge on any atom is -0.481 e. The zero-order valence-corrected chi connectivity index (χ0v) is 22.0. The maximum Gasteiger partial charge on any atom is 0.309 e. The second-order valence-corrected chi connectivity index (χ2v) is 14.5. The lowest BCUT2D eigenvalue weighted by Gasteiger charge is -2.72. The van der Waals surface area contributed by atoms with Crippen LogP contribution in [0.15, 0.2) is 0 Å². The molecule has 4 N–H and O–H groups in total. The Balaban J connectivity index is 1.55. The molecule has 5 rings (SSSR count). The number of hydrogen-bond acceptors (Lipinski definition) is 4. The van der Waals surface area contributed by atoms with Crippen LogP contribution < -0.4 is 0 Å². The molecule has 0 saturated heterocycles.